The van der Waals surface area contributed by atoms with Crippen LogP contribution >= 0.6 is 0 Å². The number of nitrogens with one attached hydrogen (secondary N) is 1. The number of imidazole rings is 1. The Morgan fingerprint density at radius 1 is 1.15 bits per heavy atom. The minimum Gasteiger partial charge on any atom is -0.356 e. The van der Waals surface area contributed by atoms with Crippen molar-refractivity contribution in [2.24, 2.45) is 5.92 Å². The van der Waals surface area contributed by atoms with Gasteiger partial charge in [-0.15, -0.1) is 0 Å². The summed E-state index contributed by atoms with van der Waals surface area (Å²) in [5.74, 6) is 0.382. The first-order valence-corrected chi connectivity index (χ1v) is 9.35. The maximum Gasteiger partial charge on any atom is 0.255 e. The van der Waals surface area contributed by atoms with Crippen molar-refractivity contribution in [2.75, 3.05) is 32.7 Å². The van der Waals surface area contributed by atoms with E-state index in [-0.39, 0.29) is 23.6 Å². The number of fused-ring (bicyclic) bond motifs is 1. The molecule has 27 heavy (non-hydrogen) atoms. The van der Waals surface area contributed by atoms with Gasteiger partial charge in [-0.2, -0.15) is 0 Å². The van der Waals surface area contributed by atoms with Gasteiger partial charge in [0.1, 0.15) is 0 Å². The molecule has 1 unspecified atom stereocenters. The van der Waals surface area contributed by atoms with E-state index in [1.54, 1.807) is 23.6 Å². The van der Waals surface area contributed by atoms with Crippen LogP contribution in [0.4, 0.5) is 0 Å². The molecule has 2 aromatic heterocycles. The Labute approximate surface area is 157 Å². The molecular weight excluding hydrogens is 346 g/mol. The third-order valence-corrected chi connectivity index (χ3v) is 5.41. The molecule has 0 bridgehead atoms. The average Bonchev–Trinajstić information content (AvgIpc) is 3.17. The standard InChI is InChI=1S/C19H23N5O3/c25-17-4-1-14(10-21-17)9-18(26)22-5-7-23(8-6-22)19(27)15-2-3-16-11-20-13-24(16)12-15/h2-3,11-14H,1,4-10H2,(H,21,25). The van der Waals surface area contributed by atoms with Crippen LogP contribution in [0.15, 0.2) is 30.9 Å². The van der Waals surface area contributed by atoms with Gasteiger partial charge in [0.25, 0.3) is 5.91 Å². The van der Waals surface area contributed by atoms with E-state index in [9.17, 15) is 14.4 Å². The van der Waals surface area contributed by atoms with Crippen molar-refractivity contribution in [1.82, 2.24) is 24.5 Å². The van der Waals surface area contributed by atoms with E-state index >= 15 is 0 Å². The van der Waals surface area contributed by atoms with Crippen LogP contribution in [0.25, 0.3) is 5.52 Å². The van der Waals surface area contributed by atoms with Crippen LogP contribution < -0.4 is 5.32 Å². The Hall–Kier alpha value is -2.90. The van der Waals surface area contributed by atoms with Gasteiger partial charge in [0.05, 0.1) is 23.6 Å². The van der Waals surface area contributed by atoms with Gasteiger partial charge in [-0.3, -0.25) is 14.4 Å². The fourth-order valence-electron chi connectivity index (χ4n) is 3.72. The van der Waals surface area contributed by atoms with E-state index in [0.717, 1.165) is 11.9 Å². The summed E-state index contributed by atoms with van der Waals surface area (Å²) in [5.41, 5.74) is 1.57. The molecule has 4 rings (SSSR count). The van der Waals surface area contributed by atoms with Crippen molar-refractivity contribution < 1.29 is 14.4 Å². The Morgan fingerprint density at radius 3 is 2.67 bits per heavy atom. The third kappa shape index (κ3) is 3.79. The second-order valence-electron chi connectivity index (χ2n) is 7.23. The Morgan fingerprint density at radius 2 is 1.93 bits per heavy atom. The Balaban J connectivity index is 1.30. The number of carbonyl (C=O) groups excluding carboxylic acids is 3. The number of nitrogens with zero attached hydrogens (tertiary/aromatic N) is 4. The van der Waals surface area contributed by atoms with E-state index in [1.807, 2.05) is 21.4 Å². The van der Waals surface area contributed by atoms with Gasteiger partial charge in [0.2, 0.25) is 11.8 Å². The lowest BCUT2D eigenvalue weighted by Gasteiger charge is -2.35. The van der Waals surface area contributed by atoms with Crippen LogP contribution in [-0.4, -0.2) is 69.6 Å². The summed E-state index contributed by atoms with van der Waals surface area (Å²) in [5, 5.41) is 2.82. The average molecular weight is 369 g/mol. The van der Waals surface area contributed by atoms with E-state index in [2.05, 4.69) is 10.3 Å². The Kier molecular flexibility index (Phi) is 4.79. The van der Waals surface area contributed by atoms with Gasteiger partial charge < -0.3 is 19.5 Å². The summed E-state index contributed by atoms with van der Waals surface area (Å²) in [6, 6.07) is 3.69. The van der Waals surface area contributed by atoms with E-state index in [1.165, 1.54) is 0 Å². The number of carbonyl (C=O) groups is 3. The molecule has 2 saturated heterocycles. The Bertz CT molecular complexity index is 859. The monoisotopic (exact) mass is 369 g/mol. The van der Waals surface area contributed by atoms with Crippen LogP contribution in [0.5, 0.6) is 0 Å². The molecule has 0 aromatic carbocycles. The first-order chi connectivity index (χ1) is 13.1. The second kappa shape index (κ2) is 7.38. The number of piperazine rings is 1. The summed E-state index contributed by atoms with van der Waals surface area (Å²) in [4.78, 5) is 44.2. The normalized spacial score (nSPS) is 20.6. The molecule has 0 spiro atoms. The minimum atomic E-state index is -0.0207. The molecule has 8 heteroatoms. The lowest BCUT2D eigenvalue weighted by Crippen LogP contribution is -2.51. The highest BCUT2D eigenvalue weighted by molar-refractivity contribution is 5.94. The molecule has 2 aromatic rings. The molecule has 2 aliphatic rings. The van der Waals surface area contributed by atoms with Gasteiger partial charge >= 0.3 is 0 Å². The van der Waals surface area contributed by atoms with Crippen molar-refractivity contribution in [2.45, 2.75) is 19.3 Å². The van der Waals surface area contributed by atoms with Crippen LogP contribution in [0.3, 0.4) is 0 Å². The number of hydrogen-bond donors (Lipinski definition) is 1. The van der Waals surface area contributed by atoms with Gasteiger partial charge in [-0.1, -0.05) is 0 Å². The molecule has 8 nitrogen and oxygen atoms in total. The SMILES string of the molecule is O=C1CCC(CC(=O)N2CCN(C(=O)c3ccc4cncn4c3)CC2)CN1. The molecule has 2 fully saturated rings. The summed E-state index contributed by atoms with van der Waals surface area (Å²) in [6.45, 7) is 2.76. The molecule has 0 saturated carbocycles. The lowest BCUT2D eigenvalue weighted by atomic mass is 9.95. The fraction of sp³-hybridized carbons (Fsp3) is 0.474. The zero-order valence-corrected chi connectivity index (χ0v) is 15.1. The zero-order valence-electron chi connectivity index (χ0n) is 15.1. The molecule has 4 heterocycles. The number of amides is 3. The highest BCUT2D eigenvalue weighted by Gasteiger charge is 2.27. The maximum atomic E-state index is 12.7. The van der Waals surface area contributed by atoms with Crippen LogP contribution in [-0.2, 0) is 9.59 Å². The first kappa shape index (κ1) is 17.5. The molecule has 1 atom stereocenters. The fourth-order valence-corrected chi connectivity index (χ4v) is 3.72. The minimum absolute atomic E-state index is 0.0207. The van der Waals surface area contributed by atoms with Gasteiger partial charge in [-0.05, 0) is 24.5 Å². The van der Waals surface area contributed by atoms with Crippen molar-refractivity contribution in [3.63, 3.8) is 0 Å². The number of rotatable bonds is 3. The van der Waals surface area contributed by atoms with Crippen molar-refractivity contribution in [1.29, 1.82) is 0 Å². The largest absolute Gasteiger partial charge is 0.356 e. The van der Waals surface area contributed by atoms with Gasteiger partial charge in [-0.25, -0.2) is 4.98 Å². The second-order valence-corrected chi connectivity index (χ2v) is 7.23. The smallest absolute Gasteiger partial charge is 0.255 e. The molecule has 3 amide bonds. The topological polar surface area (TPSA) is 87.0 Å². The van der Waals surface area contributed by atoms with E-state index in [0.29, 0.717) is 51.1 Å². The maximum absolute atomic E-state index is 12.7. The van der Waals surface area contributed by atoms with Gasteiger partial charge in [0, 0.05) is 51.8 Å². The molecule has 2 aliphatic heterocycles. The van der Waals surface area contributed by atoms with E-state index in [4.69, 9.17) is 0 Å². The predicted octanol–water partition coefficient (Wildman–Crippen LogP) is 0.535. The van der Waals surface area contributed by atoms with Crippen LogP contribution in [0, 0.1) is 5.92 Å². The van der Waals surface area contributed by atoms with Crippen molar-refractivity contribution in [3.8, 4) is 0 Å². The lowest BCUT2D eigenvalue weighted by molar-refractivity contribution is -0.134. The van der Waals surface area contributed by atoms with Crippen LogP contribution in [0.2, 0.25) is 0 Å². The zero-order chi connectivity index (χ0) is 18.8. The predicted molar refractivity (Wildman–Crippen MR) is 98.0 cm³/mol. The van der Waals surface area contributed by atoms with Gasteiger partial charge in [0.15, 0.2) is 0 Å². The molecule has 1 N–H and O–H groups in total. The summed E-state index contributed by atoms with van der Waals surface area (Å²) in [6.07, 6.45) is 6.95. The summed E-state index contributed by atoms with van der Waals surface area (Å²) < 4.78 is 1.83. The highest BCUT2D eigenvalue weighted by atomic mass is 16.2. The van der Waals surface area contributed by atoms with E-state index < -0.39 is 0 Å². The molecule has 142 valence electrons. The molecule has 0 radical (unpaired) electrons. The third-order valence-electron chi connectivity index (χ3n) is 5.41. The molecule has 0 aliphatic carbocycles. The summed E-state index contributed by atoms with van der Waals surface area (Å²) >= 11 is 0. The highest BCUT2D eigenvalue weighted by Crippen LogP contribution is 2.17. The number of pyridine rings is 1. The number of piperidine rings is 1. The quantitative estimate of drug-likeness (QED) is 0.855. The number of aromatic nitrogens is 2. The van der Waals surface area contributed by atoms with Crippen molar-refractivity contribution in [3.05, 3.63) is 36.4 Å². The van der Waals surface area contributed by atoms with Crippen LogP contribution in [0.1, 0.15) is 29.6 Å². The van der Waals surface area contributed by atoms with Crippen molar-refractivity contribution >= 4 is 23.2 Å². The summed E-state index contributed by atoms with van der Waals surface area (Å²) in [7, 11) is 0. The molecular formula is C19H23N5O3. The first-order valence-electron chi connectivity index (χ1n) is 9.35. The number of hydrogen-bond acceptors (Lipinski definition) is 4.